The summed E-state index contributed by atoms with van der Waals surface area (Å²) >= 11 is 0. The van der Waals surface area contributed by atoms with E-state index in [1.807, 2.05) is 0 Å². The van der Waals surface area contributed by atoms with E-state index in [2.05, 4.69) is 9.84 Å². The minimum atomic E-state index is -0.997. The van der Waals surface area contributed by atoms with E-state index in [-0.39, 0.29) is 18.1 Å². The van der Waals surface area contributed by atoms with Crippen molar-refractivity contribution in [2.24, 2.45) is 0 Å². The Morgan fingerprint density at radius 3 is 2.37 bits per heavy atom. The van der Waals surface area contributed by atoms with E-state index in [4.69, 9.17) is 9.47 Å². The number of carbonyl (C=O) groups is 2. The van der Waals surface area contributed by atoms with Gasteiger partial charge in [0.15, 0.2) is 5.69 Å². The van der Waals surface area contributed by atoms with Crippen LogP contribution in [-0.2, 0) is 9.47 Å². The van der Waals surface area contributed by atoms with E-state index in [0.717, 1.165) is 6.20 Å². The first kappa shape index (κ1) is 25.3. The standard InChI is InChI=1S/C26H24F2N4O6/c1-2-36-26(35)38-15-37-23-20(33)14-29-32-22(23)25(34)31-11-5-10-30(31)24(32)21(16-6-3-8-18(27)12-16)17-7-4-9-19(28)13-17/h3-4,6-9,12-14,21,24H,2,5,10-11,15H2,1H3/t24-/m0/s1. The highest BCUT2D eigenvalue weighted by atomic mass is 19.1. The molecule has 12 heteroatoms. The average Bonchev–Trinajstić information content (AvgIpc) is 3.38. The molecule has 0 aliphatic carbocycles. The molecule has 1 amide bonds. The number of nitrogens with zero attached hydrogens (tertiary/aromatic N) is 4. The third-order valence-electron chi connectivity index (χ3n) is 6.38. The quantitative estimate of drug-likeness (QED) is 0.341. The Bertz CT molecular complexity index is 1390. The lowest BCUT2D eigenvalue weighted by atomic mass is 9.87. The number of fused-ring (bicyclic) bond motifs is 2. The van der Waals surface area contributed by atoms with Crippen LogP contribution in [0.1, 0.15) is 47.0 Å². The predicted octanol–water partition coefficient (Wildman–Crippen LogP) is 3.44. The van der Waals surface area contributed by atoms with Crippen molar-refractivity contribution < 1.29 is 32.6 Å². The molecule has 3 heterocycles. The molecule has 0 N–H and O–H groups in total. The largest absolute Gasteiger partial charge is 0.511 e. The van der Waals surface area contributed by atoms with Gasteiger partial charge in [-0.2, -0.15) is 10.1 Å². The summed E-state index contributed by atoms with van der Waals surface area (Å²) in [6.45, 7) is 1.83. The third kappa shape index (κ3) is 4.70. The summed E-state index contributed by atoms with van der Waals surface area (Å²) < 4.78 is 45.1. The molecule has 10 nitrogen and oxygen atoms in total. The van der Waals surface area contributed by atoms with Crippen LogP contribution in [0.15, 0.2) is 59.5 Å². The lowest BCUT2D eigenvalue weighted by Crippen LogP contribution is -2.54. The molecule has 0 spiro atoms. The lowest BCUT2D eigenvalue weighted by Gasteiger charge is -2.44. The van der Waals surface area contributed by atoms with E-state index in [9.17, 15) is 23.2 Å². The molecule has 0 bridgehead atoms. The van der Waals surface area contributed by atoms with E-state index in [1.165, 1.54) is 34.0 Å². The second-order valence-corrected chi connectivity index (χ2v) is 8.67. The Balaban J connectivity index is 1.66. The second-order valence-electron chi connectivity index (χ2n) is 8.67. The molecule has 0 unspecified atom stereocenters. The topological polar surface area (TPSA) is 103 Å². The Morgan fingerprint density at radius 1 is 1.05 bits per heavy atom. The maximum Gasteiger partial charge on any atom is 0.511 e. The number of hydrogen-bond acceptors (Lipinski definition) is 8. The van der Waals surface area contributed by atoms with Crippen LogP contribution < -0.4 is 10.2 Å². The van der Waals surface area contributed by atoms with Crippen LogP contribution in [0.4, 0.5) is 13.6 Å². The number of halogens is 2. The number of carbonyl (C=O) groups excluding carboxylic acids is 2. The van der Waals surface area contributed by atoms with Gasteiger partial charge in [-0.05, 0) is 48.7 Å². The SMILES string of the molecule is CCOC(=O)OCOc1c2n(ncc1=O)[C@@H](C(c1cccc(F)c1)c1cccc(F)c1)N1CCCN1C2=O. The molecule has 1 saturated heterocycles. The fraction of sp³-hybridized carbons (Fsp3) is 0.308. The highest BCUT2D eigenvalue weighted by Crippen LogP contribution is 2.43. The van der Waals surface area contributed by atoms with Gasteiger partial charge in [0, 0.05) is 19.0 Å². The number of hydrazine groups is 1. The van der Waals surface area contributed by atoms with Gasteiger partial charge in [-0.15, -0.1) is 0 Å². The fourth-order valence-electron chi connectivity index (χ4n) is 4.91. The van der Waals surface area contributed by atoms with Gasteiger partial charge in [-0.3, -0.25) is 14.6 Å². The van der Waals surface area contributed by atoms with Gasteiger partial charge in [0.25, 0.3) is 5.91 Å². The first-order chi connectivity index (χ1) is 18.4. The van der Waals surface area contributed by atoms with Crippen molar-refractivity contribution in [2.45, 2.75) is 25.4 Å². The zero-order valence-corrected chi connectivity index (χ0v) is 20.4. The van der Waals surface area contributed by atoms with E-state index in [0.29, 0.717) is 30.6 Å². The van der Waals surface area contributed by atoms with Gasteiger partial charge in [0.2, 0.25) is 18.0 Å². The molecule has 38 heavy (non-hydrogen) atoms. The summed E-state index contributed by atoms with van der Waals surface area (Å²) in [5, 5.41) is 7.54. The maximum atomic E-state index is 14.4. The summed E-state index contributed by atoms with van der Waals surface area (Å²) in [5.74, 6) is -2.56. The normalized spacial score (nSPS) is 16.8. The van der Waals surface area contributed by atoms with Gasteiger partial charge >= 0.3 is 6.16 Å². The summed E-state index contributed by atoms with van der Waals surface area (Å²) in [7, 11) is 0. The molecule has 0 radical (unpaired) electrons. The molecule has 2 aromatic carbocycles. The minimum Gasteiger partial charge on any atom is -0.451 e. The van der Waals surface area contributed by atoms with Crippen molar-refractivity contribution in [3.8, 4) is 5.75 Å². The molecule has 1 atom stereocenters. The molecule has 2 aliphatic rings. The molecule has 2 aliphatic heterocycles. The van der Waals surface area contributed by atoms with Gasteiger partial charge in [0.1, 0.15) is 17.8 Å². The van der Waals surface area contributed by atoms with Crippen LogP contribution >= 0.6 is 0 Å². The van der Waals surface area contributed by atoms with Crippen molar-refractivity contribution in [1.82, 2.24) is 19.8 Å². The first-order valence-electron chi connectivity index (χ1n) is 12.0. The zero-order valence-electron chi connectivity index (χ0n) is 20.4. The van der Waals surface area contributed by atoms with Gasteiger partial charge < -0.3 is 14.2 Å². The molecule has 3 aromatic rings. The van der Waals surface area contributed by atoms with E-state index >= 15 is 0 Å². The monoisotopic (exact) mass is 526 g/mol. The van der Waals surface area contributed by atoms with Crippen molar-refractivity contribution in [1.29, 1.82) is 0 Å². The smallest absolute Gasteiger partial charge is 0.451 e. The van der Waals surface area contributed by atoms with Crippen LogP contribution in [0.2, 0.25) is 0 Å². The minimum absolute atomic E-state index is 0.0820. The van der Waals surface area contributed by atoms with Gasteiger partial charge in [-0.25, -0.2) is 18.3 Å². The Hall–Kier alpha value is -4.32. The van der Waals surface area contributed by atoms with Gasteiger partial charge in [0.05, 0.1) is 12.8 Å². The first-order valence-corrected chi connectivity index (χ1v) is 12.0. The number of aromatic nitrogens is 2. The molecular weight excluding hydrogens is 502 g/mol. The Morgan fingerprint density at radius 2 is 1.74 bits per heavy atom. The van der Waals surface area contributed by atoms with E-state index < -0.39 is 48.0 Å². The molecule has 1 fully saturated rings. The van der Waals surface area contributed by atoms with Crippen molar-refractivity contribution in [2.75, 3.05) is 26.5 Å². The molecule has 0 saturated carbocycles. The Labute approximate surface area is 215 Å². The second kappa shape index (κ2) is 10.6. The van der Waals surface area contributed by atoms with Crippen molar-refractivity contribution in [3.05, 3.63) is 93.4 Å². The van der Waals surface area contributed by atoms with E-state index in [1.54, 1.807) is 36.2 Å². The Kier molecular flexibility index (Phi) is 7.05. The zero-order chi connectivity index (χ0) is 26.8. The van der Waals surface area contributed by atoms with Crippen LogP contribution in [0.5, 0.6) is 5.75 Å². The number of amides is 1. The molecule has 198 valence electrons. The van der Waals surface area contributed by atoms with Crippen LogP contribution in [0.25, 0.3) is 0 Å². The predicted molar refractivity (Wildman–Crippen MR) is 128 cm³/mol. The van der Waals surface area contributed by atoms with Crippen LogP contribution in [0.3, 0.4) is 0 Å². The number of benzene rings is 2. The third-order valence-corrected chi connectivity index (χ3v) is 6.38. The highest BCUT2D eigenvalue weighted by molar-refractivity contribution is 5.95. The summed E-state index contributed by atoms with van der Waals surface area (Å²) in [6, 6.07) is 11.8. The molecule has 5 rings (SSSR count). The number of rotatable bonds is 7. The van der Waals surface area contributed by atoms with Crippen molar-refractivity contribution >= 4 is 12.1 Å². The highest BCUT2D eigenvalue weighted by Gasteiger charge is 2.47. The number of hydrogen-bond donors (Lipinski definition) is 0. The molecular formula is C26H24F2N4O6. The average molecular weight is 526 g/mol. The van der Waals surface area contributed by atoms with Gasteiger partial charge in [-0.1, -0.05) is 24.3 Å². The maximum absolute atomic E-state index is 14.4. The van der Waals surface area contributed by atoms with Crippen LogP contribution in [-0.4, -0.2) is 58.4 Å². The number of ether oxygens (including phenoxy) is 3. The summed E-state index contributed by atoms with van der Waals surface area (Å²) in [5.41, 5.74) is 0.171. The summed E-state index contributed by atoms with van der Waals surface area (Å²) in [6.07, 6.45) is -0.170. The van der Waals surface area contributed by atoms with Crippen molar-refractivity contribution in [3.63, 3.8) is 0 Å². The molecule has 1 aromatic heterocycles. The lowest BCUT2D eigenvalue weighted by molar-refractivity contribution is -0.0553. The fourth-order valence-corrected chi connectivity index (χ4v) is 4.91. The summed E-state index contributed by atoms with van der Waals surface area (Å²) in [4.78, 5) is 37.9. The van der Waals surface area contributed by atoms with Crippen LogP contribution in [0, 0.1) is 11.6 Å².